The molecule has 144 valence electrons. The summed E-state index contributed by atoms with van der Waals surface area (Å²) in [5.74, 6) is 1.74. The molecule has 0 spiro atoms. The Kier molecular flexibility index (Phi) is 4.39. The Morgan fingerprint density at radius 1 is 1.07 bits per heavy atom. The zero-order valence-corrected chi connectivity index (χ0v) is 16.4. The molecular formula is C23H23ClN2O2. The van der Waals surface area contributed by atoms with E-state index in [2.05, 4.69) is 5.32 Å². The molecule has 0 bridgehead atoms. The predicted octanol–water partition coefficient (Wildman–Crippen LogP) is 4.80. The lowest BCUT2D eigenvalue weighted by atomic mass is 9.99. The molecule has 2 aromatic rings. The number of nitrogens with one attached hydrogen (secondary N) is 1. The highest BCUT2D eigenvalue weighted by Gasteiger charge is 2.56. The topological polar surface area (TPSA) is 49.4 Å². The average Bonchev–Trinajstić information content (AvgIpc) is 3.18. The maximum atomic E-state index is 12.6. The molecule has 2 amide bonds. The van der Waals surface area contributed by atoms with Crippen molar-refractivity contribution in [3.05, 3.63) is 58.6 Å². The second kappa shape index (κ2) is 6.93. The van der Waals surface area contributed by atoms with Crippen LogP contribution in [0.3, 0.4) is 0 Å². The highest BCUT2D eigenvalue weighted by atomic mass is 35.5. The van der Waals surface area contributed by atoms with E-state index in [9.17, 15) is 9.59 Å². The summed E-state index contributed by atoms with van der Waals surface area (Å²) in [6.07, 6.45) is 4.88. The molecule has 0 radical (unpaired) electrons. The van der Waals surface area contributed by atoms with Crippen molar-refractivity contribution in [3.63, 3.8) is 0 Å². The number of carbonyl (C=O) groups is 2. The molecule has 2 atom stereocenters. The Bertz CT molecular complexity index is 930. The third kappa shape index (κ3) is 3.20. The fourth-order valence-electron chi connectivity index (χ4n) is 5.02. The first-order chi connectivity index (χ1) is 13.6. The number of rotatable bonds is 4. The molecule has 2 aromatic carbocycles. The molecule has 4 nitrogen and oxygen atoms in total. The molecule has 2 saturated carbocycles. The van der Waals surface area contributed by atoms with Gasteiger partial charge in [0, 0.05) is 28.7 Å². The quantitative estimate of drug-likeness (QED) is 0.809. The Hall–Kier alpha value is -2.33. The highest BCUT2D eigenvalue weighted by molar-refractivity contribution is 6.30. The molecule has 3 aliphatic rings. The molecule has 1 heterocycles. The lowest BCUT2D eigenvalue weighted by Crippen LogP contribution is -2.34. The molecule has 2 aliphatic carbocycles. The number of anilines is 2. The minimum Gasteiger partial charge on any atom is -0.326 e. The van der Waals surface area contributed by atoms with Gasteiger partial charge in [-0.05, 0) is 72.6 Å². The van der Waals surface area contributed by atoms with Gasteiger partial charge >= 0.3 is 0 Å². The number of carbonyl (C=O) groups excluding carboxylic acids is 2. The van der Waals surface area contributed by atoms with E-state index in [1.165, 1.54) is 19.3 Å². The Morgan fingerprint density at radius 3 is 2.57 bits per heavy atom. The third-order valence-corrected chi connectivity index (χ3v) is 6.76. The van der Waals surface area contributed by atoms with Crippen molar-refractivity contribution >= 4 is 34.8 Å². The van der Waals surface area contributed by atoms with E-state index in [0.29, 0.717) is 36.2 Å². The first kappa shape index (κ1) is 17.7. The molecule has 1 aliphatic heterocycles. The first-order valence-electron chi connectivity index (χ1n) is 10.1. The van der Waals surface area contributed by atoms with Crippen LogP contribution in [0.2, 0.25) is 5.02 Å². The van der Waals surface area contributed by atoms with Crippen LogP contribution >= 0.6 is 11.6 Å². The number of halogens is 1. The van der Waals surface area contributed by atoms with Gasteiger partial charge in [0.25, 0.3) is 0 Å². The van der Waals surface area contributed by atoms with Crippen LogP contribution in [0.4, 0.5) is 11.4 Å². The predicted molar refractivity (Wildman–Crippen MR) is 110 cm³/mol. The number of fused-ring (bicyclic) bond motifs is 2. The minimum absolute atomic E-state index is 0.130. The van der Waals surface area contributed by atoms with Crippen molar-refractivity contribution in [2.75, 3.05) is 10.2 Å². The van der Waals surface area contributed by atoms with Gasteiger partial charge in [0.15, 0.2) is 0 Å². The van der Waals surface area contributed by atoms with Crippen molar-refractivity contribution < 1.29 is 9.59 Å². The van der Waals surface area contributed by atoms with Crippen LogP contribution in [0.15, 0.2) is 42.5 Å². The third-order valence-electron chi connectivity index (χ3n) is 6.51. The number of hydrogen-bond donors (Lipinski definition) is 1. The highest BCUT2D eigenvalue weighted by Crippen LogP contribution is 2.57. The summed E-state index contributed by atoms with van der Waals surface area (Å²) in [5.41, 5.74) is 3.94. The normalized spacial score (nSPS) is 25.2. The summed E-state index contributed by atoms with van der Waals surface area (Å²) >= 11 is 5.97. The van der Waals surface area contributed by atoms with Crippen molar-refractivity contribution in [3.8, 4) is 0 Å². The van der Waals surface area contributed by atoms with E-state index in [4.69, 9.17) is 11.6 Å². The van der Waals surface area contributed by atoms with E-state index < -0.39 is 0 Å². The number of amides is 2. The number of aryl methyl sites for hydroxylation is 1. The molecule has 0 aromatic heterocycles. The summed E-state index contributed by atoms with van der Waals surface area (Å²) < 4.78 is 0. The maximum Gasteiger partial charge on any atom is 0.228 e. The van der Waals surface area contributed by atoms with Gasteiger partial charge in [-0.1, -0.05) is 30.2 Å². The first-order valence-corrected chi connectivity index (χ1v) is 10.5. The van der Waals surface area contributed by atoms with Crippen molar-refractivity contribution in [2.45, 2.75) is 38.6 Å². The zero-order chi connectivity index (χ0) is 19.3. The summed E-state index contributed by atoms with van der Waals surface area (Å²) in [4.78, 5) is 26.9. The van der Waals surface area contributed by atoms with Gasteiger partial charge in [-0.3, -0.25) is 9.59 Å². The van der Waals surface area contributed by atoms with Crippen molar-refractivity contribution in [1.29, 1.82) is 0 Å². The molecule has 28 heavy (non-hydrogen) atoms. The van der Waals surface area contributed by atoms with Gasteiger partial charge in [-0.2, -0.15) is 0 Å². The monoisotopic (exact) mass is 394 g/mol. The van der Waals surface area contributed by atoms with Crippen LogP contribution in [-0.2, 0) is 22.6 Å². The molecule has 2 fully saturated rings. The van der Waals surface area contributed by atoms with Crippen LogP contribution < -0.4 is 10.2 Å². The van der Waals surface area contributed by atoms with Gasteiger partial charge in [0.1, 0.15) is 0 Å². The van der Waals surface area contributed by atoms with Gasteiger partial charge < -0.3 is 10.2 Å². The maximum absolute atomic E-state index is 12.6. The van der Waals surface area contributed by atoms with E-state index in [-0.39, 0.29) is 17.7 Å². The lowest BCUT2D eigenvalue weighted by Gasteiger charge is -2.30. The van der Waals surface area contributed by atoms with Crippen molar-refractivity contribution in [2.24, 2.45) is 17.8 Å². The van der Waals surface area contributed by atoms with Gasteiger partial charge in [0.05, 0.1) is 6.54 Å². The van der Waals surface area contributed by atoms with E-state index in [1.54, 1.807) is 0 Å². The van der Waals surface area contributed by atoms with Gasteiger partial charge in [0.2, 0.25) is 11.8 Å². The van der Waals surface area contributed by atoms with Gasteiger partial charge in [-0.15, -0.1) is 0 Å². The fourth-order valence-corrected chi connectivity index (χ4v) is 5.15. The molecule has 0 saturated heterocycles. The van der Waals surface area contributed by atoms with Crippen LogP contribution in [0.25, 0.3) is 0 Å². The summed E-state index contributed by atoms with van der Waals surface area (Å²) in [6.45, 7) is 0.528. The standard InChI is InChI=1S/C23H23ClN2O2/c24-16-7-4-14(5-8-16)13-26-20-10-9-17(12-15(20)6-11-21(26)27)25-23(28)22-18-2-1-3-19(18)22/h4-5,7-10,12,18-19,22H,1-3,6,11,13H2,(H,25,28). The average molecular weight is 395 g/mol. The lowest BCUT2D eigenvalue weighted by molar-refractivity contribution is -0.119. The largest absolute Gasteiger partial charge is 0.326 e. The van der Waals surface area contributed by atoms with E-state index >= 15 is 0 Å². The molecular weight excluding hydrogens is 372 g/mol. The minimum atomic E-state index is 0.130. The Labute approximate surface area is 169 Å². The molecule has 5 rings (SSSR count). The second-order valence-electron chi connectivity index (χ2n) is 8.22. The number of nitrogens with zero attached hydrogens (tertiary/aromatic N) is 1. The fraction of sp³-hybridized carbons (Fsp3) is 0.391. The Morgan fingerprint density at radius 2 is 1.82 bits per heavy atom. The van der Waals surface area contributed by atoms with Crippen molar-refractivity contribution in [1.82, 2.24) is 0 Å². The number of benzene rings is 2. The summed E-state index contributed by atoms with van der Waals surface area (Å²) in [6, 6.07) is 13.5. The van der Waals surface area contributed by atoms with Gasteiger partial charge in [-0.25, -0.2) is 0 Å². The van der Waals surface area contributed by atoms with E-state index in [1.807, 2.05) is 47.4 Å². The smallest absolute Gasteiger partial charge is 0.228 e. The number of hydrogen-bond acceptors (Lipinski definition) is 2. The molecule has 2 unspecified atom stereocenters. The second-order valence-corrected chi connectivity index (χ2v) is 8.66. The molecule has 1 N–H and O–H groups in total. The van der Waals surface area contributed by atoms with Crippen LogP contribution in [0.1, 0.15) is 36.8 Å². The van der Waals surface area contributed by atoms with Crippen LogP contribution in [-0.4, -0.2) is 11.8 Å². The summed E-state index contributed by atoms with van der Waals surface area (Å²) in [7, 11) is 0. The Balaban J connectivity index is 1.33. The van der Waals surface area contributed by atoms with E-state index in [0.717, 1.165) is 22.5 Å². The SMILES string of the molecule is O=C(Nc1ccc2c(c1)CCC(=O)N2Cc1ccc(Cl)cc1)C1C2CCCC21. The summed E-state index contributed by atoms with van der Waals surface area (Å²) in [5, 5.41) is 3.80. The molecule has 5 heteroatoms. The van der Waals surface area contributed by atoms with Crippen LogP contribution in [0.5, 0.6) is 0 Å². The zero-order valence-electron chi connectivity index (χ0n) is 15.7. The van der Waals surface area contributed by atoms with Crippen LogP contribution in [0, 0.1) is 17.8 Å².